The van der Waals surface area contributed by atoms with Crippen molar-refractivity contribution in [2.45, 2.75) is 33.7 Å². The highest BCUT2D eigenvalue weighted by Gasteiger charge is 2.19. The molecule has 0 amide bonds. The third-order valence-corrected chi connectivity index (χ3v) is 4.07. The molecule has 1 aromatic heterocycles. The van der Waals surface area contributed by atoms with Crippen molar-refractivity contribution in [3.63, 3.8) is 0 Å². The van der Waals surface area contributed by atoms with Crippen molar-refractivity contribution in [2.75, 3.05) is 5.73 Å². The van der Waals surface area contributed by atoms with Crippen LogP contribution in [0.3, 0.4) is 0 Å². The second kappa shape index (κ2) is 6.16. The largest absolute Gasteiger partial charge is 0.393 e. The van der Waals surface area contributed by atoms with Crippen LogP contribution in [0, 0.1) is 5.92 Å². The van der Waals surface area contributed by atoms with Crippen molar-refractivity contribution in [2.24, 2.45) is 5.92 Å². The minimum atomic E-state index is -0.217. The van der Waals surface area contributed by atoms with Crippen molar-refractivity contribution in [1.82, 2.24) is 9.36 Å². The Morgan fingerprint density at radius 2 is 1.90 bits per heavy atom. The van der Waals surface area contributed by atoms with Gasteiger partial charge in [-0.3, -0.25) is 9.48 Å². The Labute approximate surface area is 134 Å². The third-order valence-electron chi connectivity index (χ3n) is 3.34. The predicted molar refractivity (Wildman–Crippen MR) is 88.7 cm³/mol. The fourth-order valence-corrected chi connectivity index (χ4v) is 2.71. The summed E-state index contributed by atoms with van der Waals surface area (Å²) in [5.41, 5.74) is 7.64. The maximum atomic E-state index is 12.5. The van der Waals surface area contributed by atoms with E-state index in [0.29, 0.717) is 33.9 Å². The molecule has 0 aliphatic rings. The SMILES string of the molecule is CCn1c(CC(C)C)c(N)c(=O)n1-c1ccc(Cl)c(Cl)c1. The molecule has 2 rings (SSSR count). The maximum absolute atomic E-state index is 12.5. The van der Waals surface area contributed by atoms with Crippen LogP contribution < -0.4 is 11.3 Å². The van der Waals surface area contributed by atoms with Gasteiger partial charge in [0.1, 0.15) is 5.69 Å². The number of halogens is 2. The van der Waals surface area contributed by atoms with Gasteiger partial charge in [0.2, 0.25) is 0 Å². The molecule has 0 aliphatic heterocycles. The molecule has 4 nitrogen and oxygen atoms in total. The van der Waals surface area contributed by atoms with Gasteiger partial charge in [-0.2, -0.15) is 0 Å². The zero-order chi connectivity index (χ0) is 15.7. The first-order valence-electron chi connectivity index (χ1n) is 6.92. The zero-order valence-electron chi connectivity index (χ0n) is 12.4. The van der Waals surface area contributed by atoms with E-state index in [2.05, 4.69) is 13.8 Å². The van der Waals surface area contributed by atoms with Gasteiger partial charge in [-0.25, -0.2) is 4.68 Å². The summed E-state index contributed by atoms with van der Waals surface area (Å²) < 4.78 is 3.46. The molecule has 1 heterocycles. The summed E-state index contributed by atoms with van der Waals surface area (Å²) in [6.45, 7) is 6.83. The van der Waals surface area contributed by atoms with E-state index in [4.69, 9.17) is 28.9 Å². The molecule has 21 heavy (non-hydrogen) atoms. The topological polar surface area (TPSA) is 52.9 Å². The second-order valence-corrected chi connectivity index (χ2v) is 6.20. The van der Waals surface area contributed by atoms with Gasteiger partial charge in [0.05, 0.1) is 21.4 Å². The number of aromatic nitrogens is 2. The molecule has 0 bridgehead atoms. The van der Waals surface area contributed by atoms with Gasteiger partial charge in [-0.1, -0.05) is 37.0 Å². The first kappa shape index (κ1) is 16.0. The Morgan fingerprint density at radius 3 is 2.43 bits per heavy atom. The molecule has 0 fully saturated rings. The van der Waals surface area contributed by atoms with Crippen molar-refractivity contribution in [3.8, 4) is 5.69 Å². The van der Waals surface area contributed by atoms with Gasteiger partial charge in [0, 0.05) is 6.54 Å². The molecule has 0 atom stereocenters. The van der Waals surface area contributed by atoms with Crippen LogP contribution in [0.1, 0.15) is 26.5 Å². The van der Waals surface area contributed by atoms with Gasteiger partial charge in [0.25, 0.3) is 5.56 Å². The number of anilines is 1. The average Bonchev–Trinajstić information content (AvgIpc) is 2.66. The minimum Gasteiger partial charge on any atom is -0.393 e. The summed E-state index contributed by atoms with van der Waals surface area (Å²) in [5.74, 6) is 0.411. The van der Waals surface area contributed by atoms with Crippen molar-refractivity contribution < 1.29 is 0 Å². The predicted octanol–water partition coefficient (Wildman–Crippen LogP) is 3.75. The molecule has 0 saturated carbocycles. The van der Waals surface area contributed by atoms with Crippen LogP contribution in [0.4, 0.5) is 5.69 Å². The fraction of sp³-hybridized carbons (Fsp3) is 0.400. The molecule has 2 aromatic rings. The van der Waals surface area contributed by atoms with Gasteiger partial charge in [0.15, 0.2) is 0 Å². The lowest BCUT2D eigenvalue weighted by molar-refractivity contribution is 0.519. The van der Waals surface area contributed by atoms with Crippen LogP contribution in [0.5, 0.6) is 0 Å². The van der Waals surface area contributed by atoms with Crippen LogP contribution in [0.2, 0.25) is 10.0 Å². The molecule has 1 aromatic carbocycles. The molecule has 114 valence electrons. The van der Waals surface area contributed by atoms with E-state index in [9.17, 15) is 4.79 Å². The minimum absolute atomic E-state index is 0.217. The van der Waals surface area contributed by atoms with E-state index in [1.54, 1.807) is 22.9 Å². The summed E-state index contributed by atoms with van der Waals surface area (Å²) in [6.07, 6.45) is 0.753. The fourth-order valence-electron chi connectivity index (χ4n) is 2.41. The smallest absolute Gasteiger partial charge is 0.294 e. The van der Waals surface area contributed by atoms with Crippen molar-refractivity contribution >= 4 is 28.9 Å². The van der Waals surface area contributed by atoms with E-state index < -0.39 is 0 Å². The van der Waals surface area contributed by atoms with Crippen LogP contribution in [0.25, 0.3) is 5.69 Å². The summed E-state index contributed by atoms with van der Waals surface area (Å²) in [7, 11) is 0. The normalized spacial score (nSPS) is 11.3. The average molecular weight is 328 g/mol. The van der Waals surface area contributed by atoms with Crippen LogP contribution >= 0.6 is 23.2 Å². The van der Waals surface area contributed by atoms with Crippen molar-refractivity contribution in [3.05, 3.63) is 44.3 Å². The van der Waals surface area contributed by atoms with Gasteiger partial charge >= 0.3 is 0 Å². The zero-order valence-corrected chi connectivity index (χ0v) is 13.9. The highest BCUT2D eigenvalue weighted by Crippen LogP contribution is 2.25. The molecule has 0 aliphatic carbocycles. The molecule has 0 saturated heterocycles. The number of benzene rings is 1. The Hall–Kier alpha value is -1.39. The van der Waals surface area contributed by atoms with E-state index in [-0.39, 0.29) is 5.56 Å². The number of nitrogens with two attached hydrogens (primary N) is 1. The van der Waals surface area contributed by atoms with Crippen LogP contribution in [0.15, 0.2) is 23.0 Å². The summed E-state index contributed by atoms with van der Waals surface area (Å²) in [5, 5.41) is 0.868. The van der Waals surface area contributed by atoms with E-state index in [0.717, 1.165) is 12.1 Å². The first-order valence-corrected chi connectivity index (χ1v) is 7.68. The van der Waals surface area contributed by atoms with Crippen molar-refractivity contribution in [1.29, 1.82) is 0 Å². The molecular weight excluding hydrogens is 309 g/mol. The van der Waals surface area contributed by atoms with Gasteiger partial charge < -0.3 is 5.73 Å². The highest BCUT2D eigenvalue weighted by molar-refractivity contribution is 6.42. The quantitative estimate of drug-likeness (QED) is 0.929. The Morgan fingerprint density at radius 1 is 1.24 bits per heavy atom. The third kappa shape index (κ3) is 2.97. The van der Waals surface area contributed by atoms with E-state index in [1.165, 1.54) is 0 Å². The number of hydrogen-bond donors (Lipinski definition) is 1. The summed E-state index contributed by atoms with van der Waals surface area (Å²) in [6, 6.07) is 5.12. The summed E-state index contributed by atoms with van der Waals surface area (Å²) >= 11 is 12.0. The van der Waals surface area contributed by atoms with Crippen LogP contribution in [-0.2, 0) is 13.0 Å². The molecule has 0 radical (unpaired) electrons. The Bertz CT molecular complexity index is 716. The lowest BCUT2D eigenvalue weighted by atomic mass is 10.1. The number of nitrogen functional groups attached to an aromatic ring is 1. The molecule has 6 heteroatoms. The molecule has 0 spiro atoms. The molecular formula is C15H19Cl2N3O. The highest BCUT2D eigenvalue weighted by atomic mass is 35.5. The van der Waals surface area contributed by atoms with Gasteiger partial charge in [-0.05, 0) is 37.5 Å². The Balaban J connectivity index is 2.68. The molecule has 2 N–H and O–H groups in total. The van der Waals surface area contributed by atoms with E-state index in [1.807, 2.05) is 11.6 Å². The number of rotatable bonds is 4. The summed E-state index contributed by atoms with van der Waals surface area (Å²) in [4.78, 5) is 12.5. The lowest BCUT2D eigenvalue weighted by Gasteiger charge is -2.14. The second-order valence-electron chi connectivity index (χ2n) is 5.39. The van der Waals surface area contributed by atoms with Crippen LogP contribution in [-0.4, -0.2) is 9.36 Å². The number of nitrogens with zero attached hydrogens (tertiary/aromatic N) is 2. The number of hydrogen-bond acceptors (Lipinski definition) is 2. The van der Waals surface area contributed by atoms with Gasteiger partial charge in [-0.15, -0.1) is 0 Å². The monoisotopic (exact) mass is 327 g/mol. The first-order chi connectivity index (χ1) is 9.86. The maximum Gasteiger partial charge on any atom is 0.294 e. The Kier molecular flexibility index (Phi) is 4.69. The standard InChI is InChI=1S/C15H19Cl2N3O/c1-4-19-13(7-9(2)3)14(18)15(21)20(19)10-5-6-11(16)12(17)8-10/h5-6,8-9H,4,7,18H2,1-3H3. The van der Waals surface area contributed by atoms with E-state index >= 15 is 0 Å². The lowest BCUT2D eigenvalue weighted by Crippen LogP contribution is -2.22. The molecule has 0 unspecified atom stereocenters.